The third-order valence-corrected chi connectivity index (χ3v) is 6.75. The number of thiol groups is 1. The summed E-state index contributed by atoms with van der Waals surface area (Å²) in [5.74, 6) is 1.96. The number of carbonyl (C=O) groups excluding carboxylic acids is 1. The number of carbonyl (C=O) groups is 1. The molecule has 0 spiro atoms. The van der Waals surface area contributed by atoms with Crippen LogP contribution in [0.1, 0.15) is 6.92 Å². The second-order valence-electron chi connectivity index (χ2n) is 5.73. The molecule has 3 aromatic rings. The van der Waals surface area contributed by atoms with Crippen LogP contribution in [0.5, 0.6) is 17.2 Å². The van der Waals surface area contributed by atoms with Crippen LogP contribution in [0.4, 0.5) is 5.69 Å². The number of nitrogens with one attached hydrogen (secondary N) is 1. The molecule has 0 heterocycles. The van der Waals surface area contributed by atoms with Gasteiger partial charge in [-0.25, -0.2) is 0 Å². The molecule has 0 saturated carbocycles. The minimum absolute atomic E-state index is 0.124. The van der Waals surface area contributed by atoms with Crippen molar-refractivity contribution >= 4 is 46.4 Å². The van der Waals surface area contributed by atoms with E-state index in [9.17, 15) is 4.79 Å². The van der Waals surface area contributed by atoms with Gasteiger partial charge < -0.3 is 14.6 Å². The van der Waals surface area contributed by atoms with E-state index in [2.05, 4.69) is 17.6 Å². The van der Waals surface area contributed by atoms with Crippen LogP contribution in [0.25, 0.3) is 0 Å². The zero-order chi connectivity index (χ0) is 19.3. The highest BCUT2D eigenvalue weighted by Gasteiger charge is 2.17. The molecule has 0 aromatic heterocycles. The average Bonchev–Trinajstić information content (AvgIpc) is 2.64. The fourth-order valence-electron chi connectivity index (χ4n) is 2.33. The Kier molecular flexibility index (Phi) is 6.22. The monoisotopic (exact) mass is 415 g/mol. The average molecular weight is 415 g/mol. The Morgan fingerprint density at radius 3 is 2.04 bits per heavy atom. The van der Waals surface area contributed by atoms with Crippen LogP contribution in [0, 0.1) is 0 Å². The lowest BCUT2D eigenvalue weighted by molar-refractivity contribution is -0.114. The van der Waals surface area contributed by atoms with Gasteiger partial charge in [0.1, 0.15) is 17.2 Å². The molecule has 0 radical (unpaired) electrons. The molecule has 1 unspecified atom stereocenters. The van der Waals surface area contributed by atoms with E-state index in [0.29, 0.717) is 17.2 Å². The van der Waals surface area contributed by atoms with Crippen LogP contribution in [-0.2, 0) is 16.6 Å². The zero-order valence-corrected chi connectivity index (χ0v) is 17.1. The van der Waals surface area contributed by atoms with Gasteiger partial charge in [0.05, 0.1) is 0 Å². The second kappa shape index (κ2) is 8.61. The number of hydrogen-bond acceptors (Lipinski definition) is 4. The summed E-state index contributed by atoms with van der Waals surface area (Å²) in [6.07, 6.45) is 0. The quantitative estimate of drug-likeness (QED) is 0.419. The molecule has 27 heavy (non-hydrogen) atoms. The molecule has 138 valence electrons. The lowest BCUT2D eigenvalue weighted by Gasteiger charge is -2.18. The van der Waals surface area contributed by atoms with E-state index in [1.807, 2.05) is 54.6 Å². The van der Waals surface area contributed by atoms with Crippen LogP contribution in [0.3, 0.4) is 0 Å². The molecule has 0 bridgehead atoms. The molecule has 0 aliphatic carbocycles. The summed E-state index contributed by atoms with van der Waals surface area (Å²) in [4.78, 5) is 11.1. The predicted octanol–water partition coefficient (Wildman–Crippen LogP) is 5.38. The second-order valence-corrected chi connectivity index (χ2v) is 11.5. The van der Waals surface area contributed by atoms with Crippen LogP contribution >= 0.6 is 17.7 Å². The lowest BCUT2D eigenvalue weighted by Crippen LogP contribution is -2.06. The minimum atomic E-state index is -2.53. The third kappa shape index (κ3) is 5.60. The van der Waals surface area contributed by atoms with Gasteiger partial charge in [-0.1, -0.05) is 30.4 Å². The molecule has 0 aliphatic rings. The lowest BCUT2D eigenvalue weighted by atomic mass is 10.3. The molecule has 0 saturated heterocycles. The van der Waals surface area contributed by atoms with Gasteiger partial charge in [-0.2, -0.15) is 0 Å². The number of hydrogen-bond donors (Lipinski definition) is 2. The van der Waals surface area contributed by atoms with E-state index < -0.39 is 5.47 Å². The topological polar surface area (TPSA) is 47.6 Å². The first kappa shape index (κ1) is 19.5. The highest BCUT2D eigenvalue weighted by molar-refractivity contribution is 8.64. The maximum absolute atomic E-state index is 11.1. The first-order valence-corrected chi connectivity index (χ1v) is 12.0. The maximum atomic E-state index is 11.1. The fourth-order valence-corrected chi connectivity index (χ4v) is 4.67. The number of benzene rings is 3. The van der Waals surface area contributed by atoms with Gasteiger partial charge in [0.25, 0.3) is 0 Å². The van der Waals surface area contributed by atoms with Crippen LogP contribution in [0.2, 0.25) is 0 Å². The van der Waals surface area contributed by atoms with Gasteiger partial charge >= 0.3 is 0 Å². The Hall–Kier alpha value is -2.27. The molecule has 1 amide bonds. The summed E-state index contributed by atoms with van der Waals surface area (Å²) in [5.41, 5.74) is -1.83. The van der Waals surface area contributed by atoms with Gasteiger partial charge in [-0.15, -0.1) is 0 Å². The molecule has 1 atom stereocenters. The van der Waals surface area contributed by atoms with Gasteiger partial charge in [-0.05, 0) is 72.5 Å². The van der Waals surface area contributed by atoms with Crippen molar-refractivity contribution in [3.8, 4) is 17.2 Å². The molecule has 0 aliphatic heterocycles. The molecule has 3 rings (SSSR count). The first-order valence-electron chi connectivity index (χ1n) is 8.16. The molecule has 0 fully saturated rings. The zero-order valence-electron chi connectivity index (χ0n) is 14.5. The van der Waals surface area contributed by atoms with Crippen LogP contribution < -0.4 is 19.9 Å². The van der Waals surface area contributed by atoms with E-state index in [1.54, 1.807) is 24.3 Å². The largest absolute Gasteiger partial charge is 0.457 e. The van der Waals surface area contributed by atoms with Crippen molar-refractivity contribution in [2.75, 3.05) is 5.32 Å². The molecule has 3 aromatic carbocycles. The van der Waals surface area contributed by atoms with Crippen molar-refractivity contribution in [1.82, 2.24) is 0 Å². The molecule has 7 heteroatoms. The van der Waals surface area contributed by atoms with Crippen molar-refractivity contribution in [3.63, 3.8) is 0 Å². The molecular weight excluding hydrogens is 397 g/mol. The van der Waals surface area contributed by atoms with E-state index in [0.717, 1.165) is 11.1 Å². The smallest absolute Gasteiger partial charge is 0.221 e. The number of para-hydroxylation sites is 1. The highest BCUT2D eigenvalue weighted by Crippen LogP contribution is 2.51. The number of amides is 1. The summed E-state index contributed by atoms with van der Waals surface area (Å²) in [7, 11) is 0. The van der Waals surface area contributed by atoms with Crippen LogP contribution in [0.15, 0.2) is 78.9 Å². The summed E-state index contributed by atoms with van der Waals surface area (Å²) >= 11 is 10.2. The fraction of sp³-hybridized carbons (Fsp3) is 0.0500. The number of ether oxygens (including phenoxy) is 1. The van der Waals surface area contributed by atoms with Crippen molar-refractivity contribution in [3.05, 3.63) is 78.9 Å². The Bertz CT molecular complexity index is 961. The van der Waals surface area contributed by atoms with E-state index in [1.165, 1.54) is 6.92 Å². The Balaban J connectivity index is 1.69. The Morgan fingerprint density at radius 1 is 0.889 bits per heavy atom. The normalized spacial score (nSPS) is 12.7. The van der Waals surface area contributed by atoms with Gasteiger partial charge in [0.15, 0.2) is 5.47 Å². The molecule has 4 nitrogen and oxygen atoms in total. The van der Waals surface area contributed by atoms with Crippen molar-refractivity contribution in [2.24, 2.45) is 0 Å². The standard InChI is InChI=1S/C20H18NO3PS2/c1-15(22)21-16-7-9-19(10-8-16)24-25(26,27)20-13-11-18(12-14-20)23-17-5-3-2-4-6-17/h2-14H,1H3,(H,21,22)(H,26,27). The number of rotatable bonds is 6. The Labute approximate surface area is 168 Å². The Morgan fingerprint density at radius 2 is 1.44 bits per heavy atom. The highest BCUT2D eigenvalue weighted by atomic mass is 32.9. The predicted molar refractivity (Wildman–Crippen MR) is 117 cm³/mol. The molecule has 1 N–H and O–H groups in total. The SMILES string of the molecule is CC(=O)Nc1ccc(OP(=S)(S)c2ccc(Oc3ccccc3)cc2)cc1. The van der Waals surface area contributed by atoms with Gasteiger partial charge in [0, 0.05) is 17.9 Å². The molecular formula is C20H18NO3PS2. The van der Waals surface area contributed by atoms with E-state index in [4.69, 9.17) is 21.1 Å². The maximum Gasteiger partial charge on any atom is 0.221 e. The summed E-state index contributed by atoms with van der Waals surface area (Å²) in [5, 5.41) is 3.53. The third-order valence-electron chi connectivity index (χ3n) is 3.55. The van der Waals surface area contributed by atoms with E-state index in [-0.39, 0.29) is 5.91 Å². The summed E-state index contributed by atoms with van der Waals surface area (Å²) < 4.78 is 11.7. The van der Waals surface area contributed by atoms with Crippen LogP contribution in [-0.4, -0.2) is 5.91 Å². The summed E-state index contributed by atoms with van der Waals surface area (Å²) in [6, 6.07) is 24.0. The van der Waals surface area contributed by atoms with Gasteiger partial charge in [-0.3, -0.25) is 4.79 Å². The van der Waals surface area contributed by atoms with E-state index >= 15 is 0 Å². The minimum Gasteiger partial charge on any atom is -0.457 e. The number of anilines is 1. The van der Waals surface area contributed by atoms with Crippen molar-refractivity contribution < 1.29 is 14.1 Å². The van der Waals surface area contributed by atoms with Gasteiger partial charge in [0.2, 0.25) is 5.91 Å². The van der Waals surface area contributed by atoms with Crippen molar-refractivity contribution in [2.45, 2.75) is 6.92 Å². The summed E-state index contributed by atoms with van der Waals surface area (Å²) in [6.45, 7) is 1.46. The van der Waals surface area contributed by atoms with Crippen molar-refractivity contribution in [1.29, 1.82) is 0 Å². The first-order chi connectivity index (χ1) is 12.9.